The van der Waals surface area contributed by atoms with Gasteiger partial charge in [0.15, 0.2) is 9.84 Å². The van der Waals surface area contributed by atoms with Crippen LogP contribution in [0.1, 0.15) is 22.8 Å². The quantitative estimate of drug-likeness (QED) is 0.717. The fourth-order valence-corrected chi connectivity index (χ4v) is 2.10. The molecule has 0 aliphatic carbocycles. The monoisotopic (exact) mass is 295 g/mol. The first-order valence-electron chi connectivity index (χ1n) is 6.11. The van der Waals surface area contributed by atoms with E-state index in [1.54, 1.807) is 6.92 Å². The van der Waals surface area contributed by atoms with Gasteiger partial charge in [-0.2, -0.15) is 0 Å². The molecule has 1 amide bonds. The van der Waals surface area contributed by atoms with Gasteiger partial charge in [-0.3, -0.25) is 9.78 Å². The van der Waals surface area contributed by atoms with E-state index in [1.165, 1.54) is 18.5 Å². The van der Waals surface area contributed by atoms with E-state index in [2.05, 4.69) is 22.1 Å². The van der Waals surface area contributed by atoms with Crippen LogP contribution in [0.3, 0.4) is 0 Å². The van der Waals surface area contributed by atoms with Crippen LogP contribution in [0.4, 0.5) is 0 Å². The summed E-state index contributed by atoms with van der Waals surface area (Å²) in [6.07, 6.45) is 2.95. The molecule has 0 atom stereocenters. The van der Waals surface area contributed by atoms with Crippen LogP contribution in [0.2, 0.25) is 0 Å². The van der Waals surface area contributed by atoms with Crippen LogP contribution in [-0.4, -0.2) is 43.9 Å². The lowest BCUT2D eigenvalue weighted by Gasteiger charge is -2.06. The van der Waals surface area contributed by atoms with Crippen LogP contribution in [0.5, 0.6) is 0 Å². The summed E-state index contributed by atoms with van der Waals surface area (Å²) < 4.78 is 22.7. The van der Waals surface area contributed by atoms with E-state index >= 15 is 0 Å². The number of rotatable bonds is 5. The molecule has 0 aromatic carbocycles. The Balaban J connectivity index is 2.73. The fourth-order valence-electron chi connectivity index (χ4n) is 1.40. The van der Waals surface area contributed by atoms with E-state index in [0.717, 1.165) is 0 Å². The first kappa shape index (κ1) is 16.1. The molecule has 3 N–H and O–H groups in total. The minimum atomic E-state index is -3.09. The highest BCUT2D eigenvalue weighted by molar-refractivity contribution is 7.91. The number of hydrogen-bond donors (Lipinski definition) is 2. The Kier molecular flexibility index (Phi) is 6.15. The second-order valence-electron chi connectivity index (χ2n) is 3.92. The van der Waals surface area contributed by atoms with Crippen molar-refractivity contribution in [2.24, 2.45) is 5.73 Å². The molecule has 6 nitrogen and oxygen atoms in total. The first-order valence-corrected chi connectivity index (χ1v) is 7.94. The summed E-state index contributed by atoms with van der Waals surface area (Å²) in [5.41, 5.74) is 6.11. The van der Waals surface area contributed by atoms with Gasteiger partial charge < -0.3 is 11.1 Å². The standard InChI is InChI=1S/C13H17N3O3S/c1-2-20(18,19)9-8-16-13(17)12-5-7-15-10-11(12)4-3-6-14/h5,7,10H,2,6,8-9,14H2,1H3,(H,16,17). The van der Waals surface area contributed by atoms with Crippen LogP contribution in [0.25, 0.3) is 0 Å². The van der Waals surface area contributed by atoms with Gasteiger partial charge in [0.2, 0.25) is 0 Å². The summed E-state index contributed by atoms with van der Waals surface area (Å²) in [7, 11) is -3.09. The largest absolute Gasteiger partial charge is 0.351 e. The van der Waals surface area contributed by atoms with Crippen molar-refractivity contribution in [1.82, 2.24) is 10.3 Å². The highest BCUT2D eigenvalue weighted by Gasteiger charge is 2.12. The van der Waals surface area contributed by atoms with E-state index in [0.29, 0.717) is 11.1 Å². The van der Waals surface area contributed by atoms with Crippen LogP contribution >= 0.6 is 0 Å². The van der Waals surface area contributed by atoms with Crippen LogP contribution < -0.4 is 11.1 Å². The topological polar surface area (TPSA) is 102 Å². The number of amides is 1. The zero-order valence-electron chi connectivity index (χ0n) is 11.2. The van der Waals surface area contributed by atoms with Gasteiger partial charge in [0.05, 0.1) is 23.4 Å². The molecule has 1 rings (SSSR count). The summed E-state index contributed by atoms with van der Waals surface area (Å²) in [5.74, 6) is 5.01. The Bertz CT molecular complexity index is 630. The van der Waals surface area contributed by atoms with Crippen LogP contribution in [-0.2, 0) is 9.84 Å². The molecule has 1 aromatic heterocycles. The van der Waals surface area contributed by atoms with Crippen LogP contribution in [0, 0.1) is 11.8 Å². The molecule has 108 valence electrons. The average molecular weight is 295 g/mol. The zero-order chi connectivity index (χ0) is 15.0. The number of sulfone groups is 1. The Morgan fingerprint density at radius 1 is 1.50 bits per heavy atom. The predicted molar refractivity (Wildman–Crippen MR) is 76.8 cm³/mol. The number of nitrogens with two attached hydrogens (primary N) is 1. The third kappa shape index (κ3) is 4.99. The Morgan fingerprint density at radius 3 is 2.90 bits per heavy atom. The van der Waals surface area contributed by atoms with Gasteiger partial charge in [-0.1, -0.05) is 18.8 Å². The molecule has 0 aliphatic heterocycles. The van der Waals surface area contributed by atoms with E-state index in [-0.39, 0.29) is 30.5 Å². The third-order valence-corrected chi connectivity index (χ3v) is 4.24. The molecule has 0 unspecified atom stereocenters. The number of carbonyl (C=O) groups is 1. The van der Waals surface area contributed by atoms with Gasteiger partial charge in [0.25, 0.3) is 5.91 Å². The summed E-state index contributed by atoms with van der Waals surface area (Å²) in [5, 5.41) is 2.56. The minimum absolute atomic E-state index is 0.0609. The summed E-state index contributed by atoms with van der Waals surface area (Å²) in [6.45, 7) is 1.83. The lowest BCUT2D eigenvalue weighted by atomic mass is 10.1. The number of nitrogens with zero attached hydrogens (tertiary/aromatic N) is 1. The molecule has 1 heterocycles. The van der Waals surface area contributed by atoms with Crippen molar-refractivity contribution in [2.45, 2.75) is 6.92 Å². The van der Waals surface area contributed by atoms with Gasteiger partial charge in [0, 0.05) is 24.7 Å². The maximum Gasteiger partial charge on any atom is 0.252 e. The number of hydrogen-bond acceptors (Lipinski definition) is 5. The maximum absolute atomic E-state index is 12.0. The van der Waals surface area contributed by atoms with E-state index < -0.39 is 9.84 Å². The third-order valence-electron chi connectivity index (χ3n) is 2.53. The summed E-state index contributed by atoms with van der Waals surface area (Å²) >= 11 is 0. The Labute approximate surface area is 118 Å². The molecule has 0 spiro atoms. The van der Waals surface area contributed by atoms with Gasteiger partial charge in [0.1, 0.15) is 0 Å². The van der Waals surface area contributed by atoms with Gasteiger partial charge in [-0.05, 0) is 6.07 Å². The Morgan fingerprint density at radius 2 is 2.25 bits per heavy atom. The van der Waals surface area contributed by atoms with Gasteiger partial charge >= 0.3 is 0 Å². The first-order chi connectivity index (χ1) is 9.50. The van der Waals surface area contributed by atoms with Crippen molar-refractivity contribution in [2.75, 3.05) is 24.6 Å². The molecule has 0 saturated heterocycles. The maximum atomic E-state index is 12.0. The normalized spacial score (nSPS) is 10.5. The van der Waals surface area contributed by atoms with Crippen molar-refractivity contribution in [3.63, 3.8) is 0 Å². The number of pyridine rings is 1. The van der Waals surface area contributed by atoms with Crippen molar-refractivity contribution >= 4 is 15.7 Å². The average Bonchev–Trinajstić information content (AvgIpc) is 2.45. The molecule has 20 heavy (non-hydrogen) atoms. The molecule has 0 fully saturated rings. The second-order valence-corrected chi connectivity index (χ2v) is 6.39. The molecule has 7 heteroatoms. The van der Waals surface area contributed by atoms with E-state index in [1.807, 2.05) is 0 Å². The number of aromatic nitrogens is 1. The molecule has 0 saturated carbocycles. The van der Waals surface area contributed by atoms with E-state index in [4.69, 9.17) is 5.73 Å². The number of carbonyl (C=O) groups excluding carboxylic acids is 1. The SMILES string of the molecule is CCS(=O)(=O)CCNC(=O)c1ccncc1C#CCN. The smallest absolute Gasteiger partial charge is 0.252 e. The molecule has 0 bridgehead atoms. The van der Waals surface area contributed by atoms with Crippen molar-refractivity contribution in [3.05, 3.63) is 29.6 Å². The molecular formula is C13H17N3O3S. The van der Waals surface area contributed by atoms with Crippen LogP contribution in [0.15, 0.2) is 18.5 Å². The lowest BCUT2D eigenvalue weighted by Crippen LogP contribution is -2.30. The fraction of sp³-hybridized carbons (Fsp3) is 0.385. The predicted octanol–water partition coefficient (Wildman–Crippen LogP) is -0.444. The zero-order valence-corrected chi connectivity index (χ0v) is 12.0. The van der Waals surface area contributed by atoms with Crippen molar-refractivity contribution < 1.29 is 13.2 Å². The molecule has 1 aromatic rings. The highest BCUT2D eigenvalue weighted by Crippen LogP contribution is 2.05. The highest BCUT2D eigenvalue weighted by atomic mass is 32.2. The van der Waals surface area contributed by atoms with Gasteiger partial charge in [-0.25, -0.2) is 8.42 Å². The summed E-state index contributed by atoms with van der Waals surface area (Å²) in [4.78, 5) is 15.9. The van der Waals surface area contributed by atoms with Crippen molar-refractivity contribution in [1.29, 1.82) is 0 Å². The second kappa shape index (κ2) is 7.62. The Hall–Kier alpha value is -1.91. The minimum Gasteiger partial charge on any atom is -0.351 e. The number of nitrogens with one attached hydrogen (secondary N) is 1. The molecule has 0 aliphatic rings. The molecule has 0 radical (unpaired) electrons. The van der Waals surface area contributed by atoms with Crippen molar-refractivity contribution in [3.8, 4) is 11.8 Å². The summed E-state index contributed by atoms with van der Waals surface area (Å²) in [6, 6.07) is 1.53. The van der Waals surface area contributed by atoms with E-state index in [9.17, 15) is 13.2 Å². The van der Waals surface area contributed by atoms with Gasteiger partial charge in [-0.15, -0.1) is 0 Å². The molecular weight excluding hydrogens is 278 g/mol. The lowest BCUT2D eigenvalue weighted by molar-refractivity contribution is 0.0956.